The standard InChI is InChI=1S/C14H17BrFNO/c1-14(2)6-5-10(8-14)17-13(18)11-7-9(15)3-4-12(11)16/h3-4,7,10H,5-6,8H2,1-2H3,(H,17,18). The van der Waals surface area contributed by atoms with E-state index in [1.807, 2.05) is 0 Å². The van der Waals surface area contributed by atoms with E-state index in [1.54, 1.807) is 6.07 Å². The Kier molecular flexibility index (Phi) is 3.76. The fraction of sp³-hybridized carbons (Fsp3) is 0.500. The number of rotatable bonds is 2. The van der Waals surface area contributed by atoms with Crippen molar-refractivity contribution in [3.63, 3.8) is 0 Å². The van der Waals surface area contributed by atoms with Gasteiger partial charge in [0, 0.05) is 10.5 Å². The van der Waals surface area contributed by atoms with Crippen LogP contribution < -0.4 is 5.32 Å². The van der Waals surface area contributed by atoms with E-state index >= 15 is 0 Å². The van der Waals surface area contributed by atoms with E-state index in [4.69, 9.17) is 0 Å². The second-order valence-corrected chi connectivity index (χ2v) is 6.62. The Hall–Kier alpha value is -0.900. The predicted octanol–water partition coefficient (Wildman–Crippen LogP) is 3.90. The van der Waals surface area contributed by atoms with Crippen LogP contribution in [0.2, 0.25) is 0 Å². The maximum Gasteiger partial charge on any atom is 0.254 e. The zero-order valence-electron chi connectivity index (χ0n) is 10.6. The zero-order chi connectivity index (χ0) is 13.3. The molecule has 1 unspecified atom stereocenters. The molecule has 1 N–H and O–H groups in total. The summed E-state index contributed by atoms with van der Waals surface area (Å²) in [6.07, 6.45) is 3.02. The highest BCUT2D eigenvalue weighted by Gasteiger charge is 2.32. The number of carbonyl (C=O) groups excluding carboxylic acids is 1. The third kappa shape index (κ3) is 3.10. The highest BCUT2D eigenvalue weighted by Crippen LogP contribution is 2.37. The highest BCUT2D eigenvalue weighted by atomic mass is 79.9. The number of nitrogens with one attached hydrogen (secondary N) is 1. The fourth-order valence-electron chi connectivity index (χ4n) is 2.49. The minimum atomic E-state index is -0.479. The summed E-state index contributed by atoms with van der Waals surface area (Å²) in [5, 5.41) is 2.92. The molecule has 1 atom stereocenters. The summed E-state index contributed by atoms with van der Waals surface area (Å²) >= 11 is 3.25. The molecule has 0 aromatic heterocycles. The van der Waals surface area contributed by atoms with Gasteiger partial charge < -0.3 is 5.32 Å². The molecule has 0 aliphatic heterocycles. The molecular weight excluding hydrogens is 297 g/mol. The van der Waals surface area contributed by atoms with Gasteiger partial charge in [0.05, 0.1) is 5.56 Å². The number of amides is 1. The number of hydrogen-bond acceptors (Lipinski definition) is 1. The van der Waals surface area contributed by atoms with Crippen LogP contribution in [0, 0.1) is 11.2 Å². The summed E-state index contributed by atoms with van der Waals surface area (Å²) in [5.41, 5.74) is 0.377. The third-order valence-corrected chi connectivity index (χ3v) is 3.97. The average Bonchev–Trinajstić information content (AvgIpc) is 2.61. The Labute approximate surface area is 115 Å². The van der Waals surface area contributed by atoms with Crippen molar-refractivity contribution in [2.24, 2.45) is 5.41 Å². The lowest BCUT2D eigenvalue weighted by Gasteiger charge is -2.18. The van der Waals surface area contributed by atoms with Crippen molar-refractivity contribution in [3.05, 3.63) is 34.1 Å². The molecule has 0 saturated heterocycles. The van der Waals surface area contributed by atoms with Crippen molar-refractivity contribution >= 4 is 21.8 Å². The summed E-state index contributed by atoms with van der Waals surface area (Å²) in [5.74, 6) is -0.801. The molecule has 2 rings (SSSR count). The van der Waals surface area contributed by atoms with Gasteiger partial charge in [-0.05, 0) is 42.9 Å². The summed E-state index contributed by atoms with van der Waals surface area (Å²) in [6, 6.07) is 4.57. The van der Waals surface area contributed by atoms with Crippen LogP contribution >= 0.6 is 15.9 Å². The first-order valence-electron chi connectivity index (χ1n) is 6.13. The SMILES string of the molecule is CC1(C)CCC(NC(=O)c2cc(Br)ccc2F)C1. The molecular formula is C14H17BrFNO. The van der Waals surface area contributed by atoms with Gasteiger partial charge in [-0.1, -0.05) is 29.8 Å². The minimum absolute atomic E-state index is 0.106. The molecule has 2 nitrogen and oxygen atoms in total. The van der Waals surface area contributed by atoms with Crippen molar-refractivity contribution < 1.29 is 9.18 Å². The normalized spacial score (nSPS) is 21.9. The van der Waals surface area contributed by atoms with Gasteiger partial charge in [0.15, 0.2) is 0 Å². The number of benzene rings is 1. The van der Waals surface area contributed by atoms with Gasteiger partial charge >= 0.3 is 0 Å². The molecule has 18 heavy (non-hydrogen) atoms. The lowest BCUT2D eigenvalue weighted by atomic mass is 9.92. The van der Waals surface area contributed by atoms with Crippen LogP contribution in [0.4, 0.5) is 4.39 Å². The molecule has 1 aliphatic carbocycles. The van der Waals surface area contributed by atoms with Gasteiger partial charge in [0.2, 0.25) is 0 Å². The summed E-state index contributed by atoms with van der Waals surface area (Å²) in [7, 11) is 0. The van der Waals surface area contributed by atoms with E-state index in [-0.39, 0.29) is 22.9 Å². The second kappa shape index (κ2) is 5.00. The smallest absolute Gasteiger partial charge is 0.254 e. The molecule has 0 radical (unpaired) electrons. The fourth-order valence-corrected chi connectivity index (χ4v) is 2.86. The van der Waals surface area contributed by atoms with Crippen molar-refractivity contribution in [1.29, 1.82) is 0 Å². The largest absolute Gasteiger partial charge is 0.349 e. The predicted molar refractivity (Wildman–Crippen MR) is 73.0 cm³/mol. The van der Waals surface area contributed by atoms with Crippen LogP contribution in [0.1, 0.15) is 43.5 Å². The van der Waals surface area contributed by atoms with E-state index in [1.165, 1.54) is 12.1 Å². The van der Waals surface area contributed by atoms with E-state index in [2.05, 4.69) is 35.1 Å². The van der Waals surface area contributed by atoms with Crippen LogP contribution in [-0.4, -0.2) is 11.9 Å². The Morgan fingerprint density at radius 3 is 2.83 bits per heavy atom. The van der Waals surface area contributed by atoms with Gasteiger partial charge in [-0.15, -0.1) is 0 Å². The maximum atomic E-state index is 13.6. The van der Waals surface area contributed by atoms with Gasteiger partial charge in [0.25, 0.3) is 5.91 Å². The van der Waals surface area contributed by atoms with Crippen LogP contribution in [0.3, 0.4) is 0 Å². The molecule has 1 aliphatic rings. The van der Waals surface area contributed by atoms with Crippen LogP contribution in [0.25, 0.3) is 0 Å². The molecule has 0 bridgehead atoms. The Morgan fingerprint density at radius 1 is 1.50 bits per heavy atom. The second-order valence-electron chi connectivity index (χ2n) is 5.70. The monoisotopic (exact) mass is 313 g/mol. The van der Waals surface area contributed by atoms with E-state index in [0.29, 0.717) is 4.47 Å². The lowest BCUT2D eigenvalue weighted by molar-refractivity contribution is 0.0932. The van der Waals surface area contributed by atoms with E-state index in [0.717, 1.165) is 19.3 Å². The third-order valence-electron chi connectivity index (χ3n) is 3.48. The first kappa shape index (κ1) is 13.5. The van der Waals surface area contributed by atoms with Crippen LogP contribution in [-0.2, 0) is 0 Å². The average molecular weight is 314 g/mol. The molecule has 0 heterocycles. The van der Waals surface area contributed by atoms with Crippen LogP contribution in [0.5, 0.6) is 0 Å². The molecule has 1 aromatic carbocycles. The van der Waals surface area contributed by atoms with Crippen molar-refractivity contribution in [2.75, 3.05) is 0 Å². The zero-order valence-corrected chi connectivity index (χ0v) is 12.2. The molecule has 4 heteroatoms. The minimum Gasteiger partial charge on any atom is -0.349 e. The molecule has 1 fully saturated rings. The van der Waals surface area contributed by atoms with Crippen molar-refractivity contribution in [3.8, 4) is 0 Å². The van der Waals surface area contributed by atoms with Gasteiger partial charge in [-0.3, -0.25) is 4.79 Å². The molecule has 98 valence electrons. The van der Waals surface area contributed by atoms with Gasteiger partial charge in [-0.25, -0.2) is 4.39 Å². The summed E-state index contributed by atoms with van der Waals surface area (Å²) in [4.78, 5) is 12.0. The quantitative estimate of drug-likeness (QED) is 0.881. The maximum absolute atomic E-state index is 13.6. The van der Waals surface area contributed by atoms with Gasteiger partial charge in [0.1, 0.15) is 5.82 Å². The number of hydrogen-bond donors (Lipinski definition) is 1. The van der Waals surface area contributed by atoms with Crippen molar-refractivity contribution in [2.45, 2.75) is 39.2 Å². The van der Waals surface area contributed by atoms with E-state index < -0.39 is 5.82 Å². The van der Waals surface area contributed by atoms with Crippen molar-refractivity contribution in [1.82, 2.24) is 5.32 Å². The summed E-state index contributed by atoms with van der Waals surface area (Å²) in [6.45, 7) is 4.39. The molecule has 0 spiro atoms. The Balaban J connectivity index is 2.06. The number of carbonyl (C=O) groups is 1. The molecule has 1 saturated carbocycles. The molecule has 1 aromatic rings. The lowest BCUT2D eigenvalue weighted by Crippen LogP contribution is -2.34. The Morgan fingerprint density at radius 2 is 2.22 bits per heavy atom. The van der Waals surface area contributed by atoms with Crippen LogP contribution in [0.15, 0.2) is 22.7 Å². The first-order valence-corrected chi connectivity index (χ1v) is 6.93. The number of halogens is 2. The topological polar surface area (TPSA) is 29.1 Å². The van der Waals surface area contributed by atoms with E-state index in [9.17, 15) is 9.18 Å². The highest BCUT2D eigenvalue weighted by molar-refractivity contribution is 9.10. The Bertz CT molecular complexity index is 473. The molecule has 1 amide bonds. The summed E-state index contributed by atoms with van der Waals surface area (Å²) < 4.78 is 14.3. The first-order chi connectivity index (χ1) is 8.37. The van der Waals surface area contributed by atoms with Gasteiger partial charge in [-0.2, -0.15) is 0 Å².